The number of carbonyl (C=O) groups is 1. The predicted octanol–water partition coefficient (Wildman–Crippen LogP) is 5.27. The molecule has 0 atom stereocenters. The summed E-state index contributed by atoms with van der Waals surface area (Å²) < 4.78 is 30.1. The molecule has 0 fully saturated rings. The van der Waals surface area contributed by atoms with E-state index in [1.165, 1.54) is 42.5 Å². The molecule has 1 N–H and O–H groups in total. The van der Waals surface area contributed by atoms with Crippen LogP contribution in [0.4, 0.5) is 5.69 Å². The summed E-state index contributed by atoms with van der Waals surface area (Å²) in [6.45, 7) is 3.80. The number of nitrogens with zero attached hydrogens (tertiary/aromatic N) is 1. The summed E-state index contributed by atoms with van der Waals surface area (Å²) in [5.41, 5.74) is 2.82. The molecule has 0 aromatic heterocycles. The Morgan fingerprint density at radius 3 is 2.44 bits per heavy atom. The lowest BCUT2D eigenvalue weighted by molar-refractivity contribution is -0.112. The second-order valence-corrected chi connectivity index (χ2v) is 8.92. The number of anilines is 1. The van der Waals surface area contributed by atoms with Gasteiger partial charge in [-0.25, -0.2) is 0 Å². The van der Waals surface area contributed by atoms with Crippen LogP contribution in [0.1, 0.15) is 16.7 Å². The Bertz CT molecular complexity index is 1340. The van der Waals surface area contributed by atoms with E-state index in [-0.39, 0.29) is 16.2 Å². The van der Waals surface area contributed by atoms with E-state index >= 15 is 0 Å². The van der Waals surface area contributed by atoms with Gasteiger partial charge in [-0.2, -0.15) is 13.7 Å². The van der Waals surface area contributed by atoms with E-state index in [0.717, 1.165) is 11.1 Å². The molecular weight excluding hydrogens is 448 g/mol. The number of nitriles is 1. The number of benzene rings is 3. The van der Waals surface area contributed by atoms with Crippen LogP contribution in [0.2, 0.25) is 5.02 Å². The normalized spacial score (nSPS) is 11.5. The van der Waals surface area contributed by atoms with Crippen molar-refractivity contribution in [2.45, 2.75) is 18.7 Å². The van der Waals surface area contributed by atoms with Crippen molar-refractivity contribution in [1.82, 2.24) is 0 Å². The highest BCUT2D eigenvalue weighted by molar-refractivity contribution is 7.87. The Balaban J connectivity index is 1.82. The van der Waals surface area contributed by atoms with Gasteiger partial charge in [-0.3, -0.25) is 4.79 Å². The third-order valence-corrected chi connectivity index (χ3v) is 6.21. The first-order valence-electron chi connectivity index (χ1n) is 9.49. The molecule has 32 heavy (non-hydrogen) atoms. The zero-order chi connectivity index (χ0) is 23.3. The fourth-order valence-corrected chi connectivity index (χ4v) is 3.87. The average Bonchev–Trinajstić information content (AvgIpc) is 2.75. The summed E-state index contributed by atoms with van der Waals surface area (Å²) in [6.07, 6.45) is 1.36. The van der Waals surface area contributed by atoms with Crippen LogP contribution >= 0.6 is 11.6 Å². The molecule has 3 aromatic carbocycles. The highest BCUT2D eigenvalue weighted by atomic mass is 35.5. The van der Waals surface area contributed by atoms with Crippen molar-refractivity contribution in [1.29, 1.82) is 5.26 Å². The van der Waals surface area contributed by atoms with E-state index in [4.69, 9.17) is 15.8 Å². The molecule has 0 unspecified atom stereocenters. The van der Waals surface area contributed by atoms with Gasteiger partial charge in [0.25, 0.3) is 5.91 Å². The summed E-state index contributed by atoms with van der Waals surface area (Å²) >= 11 is 5.80. The lowest BCUT2D eigenvalue weighted by Gasteiger charge is -2.10. The smallest absolute Gasteiger partial charge is 0.339 e. The highest BCUT2D eigenvalue weighted by Crippen LogP contribution is 2.23. The van der Waals surface area contributed by atoms with Crippen molar-refractivity contribution < 1.29 is 17.4 Å². The molecule has 162 valence electrons. The standard InChI is InChI=1S/C24H19ClN2O4S/c1-16-5-3-8-23(17(16)2)27-24(28)19(15-26)13-18-6-4-7-21(14-18)31-32(29,30)22-11-9-20(25)10-12-22/h3-14H,1-2H3,(H,27,28)/b19-13-. The molecule has 0 spiro atoms. The van der Waals surface area contributed by atoms with Crippen LogP contribution in [-0.4, -0.2) is 14.3 Å². The van der Waals surface area contributed by atoms with Crippen molar-refractivity contribution in [3.63, 3.8) is 0 Å². The van der Waals surface area contributed by atoms with E-state index in [0.29, 0.717) is 16.3 Å². The number of amides is 1. The van der Waals surface area contributed by atoms with Gasteiger partial charge in [0.2, 0.25) is 0 Å². The van der Waals surface area contributed by atoms with E-state index in [1.807, 2.05) is 32.0 Å². The molecular formula is C24H19ClN2O4S. The van der Waals surface area contributed by atoms with E-state index in [9.17, 15) is 18.5 Å². The second kappa shape index (κ2) is 9.69. The van der Waals surface area contributed by atoms with Crippen LogP contribution in [0.15, 0.2) is 77.2 Å². The first-order chi connectivity index (χ1) is 15.2. The maximum absolute atomic E-state index is 12.6. The lowest BCUT2D eigenvalue weighted by atomic mass is 10.1. The molecule has 6 nitrogen and oxygen atoms in total. The van der Waals surface area contributed by atoms with Gasteiger partial charge in [-0.15, -0.1) is 0 Å². The molecule has 0 aliphatic rings. The Morgan fingerprint density at radius 2 is 1.75 bits per heavy atom. The number of halogens is 1. The number of nitrogens with one attached hydrogen (secondary N) is 1. The van der Waals surface area contributed by atoms with Crippen molar-refractivity contribution in [3.8, 4) is 11.8 Å². The first-order valence-corrected chi connectivity index (χ1v) is 11.3. The molecule has 3 rings (SSSR count). The van der Waals surface area contributed by atoms with E-state index in [1.54, 1.807) is 18.2 Å². The third-order valence-electron chi connectivity index (χ3n) is 4.70. The third kappa shape index (κ3) is 5.55. The molecule has 0 aliphatic carbocycles. The van der Waals surface area contributed by atoms with Crippen molar-refractivity contribution in [2.75, 3.05) is 5.32 Å². The van der Waals surface area contributed by atoms with Gasteiger partial charge in [0.15, 0.2) is 0 Å². The average molecular weight is 467 g/mol. The van der Waals surface area contributed by atoms with Gasteiger partial charge in [-0.05, 0) is 79.1 Å². The van der Waals surface area contributed by atoms with Gasteiger partial charge in [0, 0.05) is 10.7 Å². The molecule has 1 amide bonds. The molecule has 8 heteroatoms. The summed E-state index contributed by atoms with van der Waals surface area (Å²) in [6, 6.07) is 19.0. The van der Waals surface area contributed by atoms with Gasteiger partial charge in [0.1, 0.15) is 22.3 Å². The minimum absolute atomic E-state index is 0.0425. The topological polar surface area (TPSA) is 96.3 Å². The quantitative estimate of drug-likeness (QED) is 0.303. The number of hydrogen-bond donors (Lipinski definition) is 1. The van der Waals surface area contributed by atoms with Crippen LogP contribution in [0.5, 0.6) is 5.75 Å². The minimum atomic E-state index is -4.07. The number of rotatable bonds is 6. The minimum Gasteiger partial charge on any atom is -0.379 e. The van der Waals surface area contributed by atoms with Crippen molar-refractivity contribution >= 4 is 39.4 Å². The summed E-state index contributed by atoms with van der Waals surface area (Å²) in [5, 5.41) is 12.6. The van der Waals surface area contributed by atoms with Crippen LogP contribution in [-0.2, 0) is 14.9 Å². The van der Waals surface area contributed by atoms with Crippen molar-refractivity contribution in [3.05, 3.63) is 94.0 Å². The first kappa shape index (κ1) is 23.1. The van der Waals surface area contributed by atoms with Crippen LogP contribution in [0.25, 0.3) is 6.08 Å². The maximum Gasteiger partial charge on any atom is 0.339 e. The van der Waals surface area contributed by atoms with Crippen LogP contribution < -0.4 is 9.50 Å². The fourth-order valence-electron chi connectivity index (χ4n) is 2.82. The van der Waals surface area contributed by atoms with Gasteiger partial charge >= 0.3 is 10.1 Å². The molecule has 3 aromatic rings. The lowest BCUT2D eigenvalue weighted by Crippen LogP contribution is -2.14. The Labute approximate surface area is 191 Å². The van der Waals surface area contributed by atoms with Gasteiger partial charge < -0.3 is 9.50 Å². The van der Waals surface area contributed by atoms with Crippen LogP contribution in [0, 0.1) is 25.2 Å². The molecule has 0 heterocycles. The highest BCUT2D eigenvalue weighted by Gasteiger charge is 2.17. The zero-order valence-electron chi connectivity index (χ0n) is 17.3. The molecule has 0 radical (unpaired) electrons. The van der Waals surface area contributed by atoms with Gasteiger partial charge in [-0.1, -0.05) is 35.9 Å². The summed E-state index contributed by atoms with van der Waals surface area (Å²) in [7, 11) is -4.07. The van der Waals surface area contributed by atoms with E-state index in [2.05, 4.69) is 5.32 Å². The largest absolute Gasteiger partial charge is 0.379 e. The zero-order valence-corrected chi connectivity index (χ0v) is 18.9. The summed E-state index contributed by atoms with van der Waals surface area (Å²) in [5.74, 6) is -0.526. The summed E-state index contributed by atoms with van der Waals surface area (Å²) in [4.78, 5) is 12.6. The second-order valence-electron chi connectivity index (χ2n) is 6.94. The predicted molar refractivity (Wildman–Crippen MR) is 124 cm³/mol. The molecule has 0 bridgehead atoms. The van der Waals surface area contributed by atoms with E-state index < -0.39 is 16.0 Å². The number of carbonyl (C=O) groups excluding carboxylic acids is 1. The number of hydrogen-bond acceptors (Lipinski definition) is 5. The Kier molecular flexibility index (Phi) is 6.98. The monoisotopic (exact) mass is 466 g/mol. The molecule has 0 saturated heterocycles. The molecule has 0 saturated carbocycles. The van der Waals surface area contributed by atoms with Crippen LogP contribution in [0.3, 0.4) is 0 Å². The Hall–Kier alpha value is -3.60. The fraction of sp³-hybridized carbons (Fsp3) is 0.0833. The SMILES string of the molecule is Cc1cccc(NC(=O)/C(C#N)=C\c2cccc(OS(=O)(=O)c3ccc(Cl)cc3)c2)c1C. The maximum atomic E-state index is 12.6. The van der Waals surface area contributed by atoms with Crippen molar-refractivity contribution in [2.24, 2.45) is 0 Å². The number of aryl methyl sites for hydroxylation is 1. The Morgan fingerprint density at radius 1 is 1.06 bits per heavy atom. The van der Waals surface area contributed by atoms with Gasteiger partial charge in [0.05, 0.1) is 0 Å². The molecule has 0 aliphatic heterocycles.